The lowest BCUT2D eigenvalue weighted by atomic mass is 10.5. The Bertz CT molecular complexity index is 66.5. The molecule has 7 heavy (non-hydrogen) atoms. The third-order valence-corrected chi connectivity index (χ3v) is 0.519. The van der Waals surface area contributed by atoms with Crippen LogP contribution in [0.25, 0.3) is 0 Å². The molecule has 2 heteroatoms. The zero-order valence-corrected chi connectivity index (χ0v) is 4.52. The molecule has 0 aliphatic heterocycles. The molecule has 0 fully saturated rings. The van der Waals surface area contributed by atoms with Gasteiger partial charge >= 0.3 is 0 Å². The van der Waals surface area contributed by atoms with E-state index in [-0.39, 0.29) is 0 Å². The van der Waals surface area contributed by atoms with E-state index in [1.54, 1.807) is 6.20 Å². The van der Waals surface area contributed by atoms with E-state index in [1.165, 1.54) is 0 Å². The highest BCUT2D eigenvalue weighted by Gasteiger charge is 1.59. The van der Waals surface area contributed by atoms with Crippen molar-refractivity contribution < 1.29 is 0 Å². The average Bonchev–Trinajstić information content (AvgIpc) is 1.69. The predicted molar refractivity (Wildman–Crippen MR) is 32.1 cm³/mol. The molecule has 0 aromatic carbocycles. The van der Waals surface area contributed by atoms with Gasteiger partial charge in [-0.2, -0.15) is 5.10 Å². The molecule has 0 aromatic heterocycles. The molecule has 0 atom stereocenters. The molecule has 0 saturated carbocycles. The van der Waals surface area contributed by atoms with Crippen LogP contribution in [0.15, 0.2) is 17.4 Å². The van der Waals surface area contributed by atoms with Crippen molar-refractivity contribution in [2.75, 3.05) is 0 Å². The first-order valence-corrected chi connectivity index (χ1v) is 2.28. The molecular weight excluding hydrogens is 88.1 g/mol. The Hall–Kier alpha value is -0.790. The molecule has 0 amide bonds. The van der Waals surface area contributed by atoms with Crippen LogP contribution in [-0.4, -0.2) is 6.72 Å². The summed E-state index contributed by atoms with van der Waals surface area (Å²) in [5, 5.41) is 3.39. The van der Waals surface area contributed by atoms with Crippen molar-refractivity contribution in [1.82, 2.24) is 5.43 Å². The van der Waals surface area contributed by atoms with Gasteiger partial charge in [0.05, 0.1) is 0 Å². The maximum absolute atomic E-state index is 3.39. The summed E-state index contributed by atoms with van der Waals surface area (Å²) in [6.07, 6.45) is 4.75. The molecule has 0 aromatic rings. The summed E-state index contributed by atoms with van der Waals surface area (Å²) in [5.41, 5.74) is 2.58. The highest BCUT2D eigenvalue weighted by Crippen LogP contribution is 1.73. The molecule has 1 N–H and O–H groups in total. The van der Waals surface area contributed by atoms with E-state index >= 15 is 0 Å². The second-order valence-electron chi connectivity index (χ2n) is 1.10. The highest BCUT2D eigenvalue weighted by molar-refractivity contribution is 5.22. The maximum atomic E-state index is 3.39. The van der Waals surface area contributed by atoms with Gasteiger partial charge in [-0.1, -0.05) is 13.0 Å². The zero-order valence-electron chi connectivity index (χ0n) is 4.52. The molecule has 0 spiro atoms. The van der Waals surface area contributed by atoms with Gasteiger partial charge in [0.25, 0.3) is 0 Å². The Labute approximate surface area is 43.9 Å². The van der Waals surface area contributed by atoms with E-state index in [9.17, 15) is 0 Å². The molecule has 0 unspecified atom stereocenters. The maximum Gasteiger partial charge on any atom is 0.0159 e. The van der Waals surface area contributed by atoms with Crippen molar-refractivity contribution in [2.45, 2.75) is 13.3 Å². The first-order valence-electron chi connectivity index (χ1n) is 2.28. The standard InChI is InChI=1S/C5H10N2/c1-3-4-5-7-6-2/h4-5,7H,2-3H2,1H3/b5-4-. The molecule has 0 bridgehead atoms. The third-order valence-electron chi connectivity index (χ3n) is 0.519. The number of hydrazone groups is 1. The van der Waals surface area contributed by atoms with Gasteiger partial charge in [-0.05, 0) is 6.42 Å². The zero-order chi connectivity index (χ0) is 5.54. The molecular formula is C5H10N2. The topological polar surface area (TPSA) is 24.4 Å². The summed E-state index contributed by atoms with van der Waals surface area (Å²) in [4.78, 5) is 0. The van der Waals surface area contributed by atoms with Crippen LogP contribution in [0.3, 0.4) is 0 Å². The minimum absolute atomic E-state index is 1.03. The Morgan fingerprint density at radius 3 is 3.00 bits per heavy atom. The number of hydrogen-bond acceptors (Lipinski definition) is 2. The van der Waals surface area contributed by atoms with Gasteiger partial charge in [-0.3, -0.25) is 5.43 Å². The van der Waals surface area contributed by atoms with Crippen molar-refractivity contribution in [1.29, 1.82) is 0 Å². The van der Waals surface area contributed by atoms with Crippen LogP contribution in [-0.2, 0) is 0 Å². The largest absolute Gasteiger partial charge is 0.287 e. The Morgan fingerprint density at radius 1 is 1.86 bits per heavy atom. The van der Waals surface area contributed by atoms with Crippen LogP contribution in [0.5, 0.6) is 0 Å². The second kappa shape index (κ2) is 5.21. The number of rotatable bonds is 3. The molecule has 0 rings (SSSR count). The van der Waals surface area contributed by atoms with Crippen LogP contribution in [0.4, 0.5) is 0 Å². The Balaban J connectivity index is 2.92. The first-order chi connectivity index (χ1) is 3.41. The van der Waals surface area contributed by atoms with Crippen LogP contribution in [0, 0.1) is 0 Å². The Kier molecular flexibility index (Phi) is 4.62. The molecule has 0 aliphatic rings. The normalized spacial score (nSPS) is 9.29. The van der Waals surface area contributed by atoms with Gasteiger partial charge in [0.2, 0.25) is 0 Å². The smallest absolute Gasteiger partial charge is 0.0159 e. The number of hydrogen-bond donors (Lipinski definition) is 1. The van der Waals surface area contributed by atoms with E-state index in [0.717, 1.165) is 6.42 Å². The van der Waals surface area contributed by atoms with E-state index in [2.05, 4.69) is 24.2 Å². The summed E-state index contributed by atoms with van der Waals surface area (Å²) in [6.45, 7) is 5.28. The first kappa shape index (κ1) is 6.21. The molecule has 0 saturated heterocycles. The van der Waals surface area contributed by atoms with Gasteiger partial charge in [0.15, 0.2) is 0 Å². The molecule has 2 nitrogen and oxygen atoms in total. The summed E-state index contributed by atoms with van der Waals surface area (Å²) in [7, 11) is 0. The summed E-state index contributed by atoms with van der Waals surface area (Å²) >= 11 is 0. The van der Waals surface area contributed by atoms with Crippen molar-refractivity contribution >= 4 is 6.72 Å². The van der Waals surface area contributed by atoms with Gasteiger partial charge < -0.3 is 0 Å². The number of allylic oxidation sites excluding steroid dienone is 1. The summed E-state index contributed by atoms with van der Waals surface area (Å²) in [5.74, 6) is 0. The van der Waals surface area contributed by atoms with E-state index in [0.29, 0.717) is 0 Å². The monoisotopic (exact) mass is 98.1 g/mol. The SMILES string of the molecule is C=NN/C=C\CC. The lowest BCUT2D eigenvalue weighted by Crippen LogP contribution is -1.88. The fourth-order valence-electron chi connectivity index (χ4n) is 0.223. The minimum atomic E-state index is 1.03. The Morgan fingerprint density at radius 2 is 2.57 bits per heavy atom. The van der Waals surface area contributed by atoms with Crippen LogP contribution < -0.4 is 5.43 Å². The molecule has 0 aliphatic carbocycles. The van der Waals surface area contributed by atoms with Gasteiger partial charge in [0.1, 0.15) is 0 Å². The minimum Gasteiger partial charge on any atom is -0.287 e. The van der Waals surface area contributed by atoms with Gasteiger partial charge in [-0.15, -0.1) is 0 Å². The lowest BCUT2D eigenvalue weighted by Gasteiger charge is -1.81. The van der Waals surface area contributed by atoms with E-state index in [4.69, 9.17) is 0 Å². The third kappa shape index (κ3) is 5.21. The van der Waals surface area contributed by atoms with E-state index in [1.807, 2.05) is 6.08 Å². The van der Waals surface area contributed by atoms with E-state index < -0.39 is 0 Å². The number of nitrogens with one attached hydrogen (secondary N) is 1. The van der Waals surface area contributed by atoms with Gasteiger partial charge in [0, 0.05) is 12.9 Å². The van der Waals surface area contributed by atoms with Crippen molar-refractivity contribution in [3.63, 3.8) is 0 Å². The molecule has 0 radical (unpaired) electrons. The summed E-state index contributed by atoms with van der Waals surface area (Å²) < 4.78 is 0. The van der Waals surface area contributed by atoms with Gasteiger partial charge in [-0.25, -0.2) is 0 Å². The van der Waals surface area contributed by atoms with Crippen molar-refractivity contribution in [3.8, 4) is 0 Å². The fourth-order valence-corrected chi connectivity index (χ4v) is 0.223. The fraction of sp³-hybridized carbons (Fsp3) is 0.400. The molecule has 0 heterocycles. The highest BCUT2D eigenvalue weighted by atomic mass is 15.3. The molecule has 40 valence electrons. The van der Waals surface area contributed by atoms with Crippen LogP contribution >= 0.6 is 0 Å². The number of nitrogens with zero attached hydrogens (tertiary/aromatic N) is 1. The van der Waals surface area contributed by atoms with Crippen LogP contribution in [0.1, 0.15) is 13.3 Å². The summed E-state index contributed by atoms with van der Waals surface area (Å²) in [6, 6.07) is 0. The predicted octanol–water partition coefficient (Wildman–Crippen LogP) is 1.12. The average molecular weight is 98.1 g/mol. The van der Waals surface area contributed by atoms with Crippen LogP contribution in [0.2, 0.25) is 0 Å². The second-order valence-corrected chi connectivity index (χ2v) is 1.10. The lowest BCUT2D eigenvalue weighted by molar-refractivity contribution is 0.969. The quantitative estimate of drug-likeness (QED) is 0.415. The van der Waals surface area contributed by atoms with Crippen molar-refractivity contribution in [3.05, 3.63) is 12.3 Å². The van der Waals surface area contributed by atoms with Crippen molar-refractivity contribution in [2.24, 2.45) is 5.10 Å².